The van der Waals surface area contributed by atoms with Crippen LogP contribution < -0.4 is 5.32 Å². The number of benzene rings is 1. The minimum absolute atomic E-state index is 0.0905. The van der Waals surface area contributed by atoms with Crippen LogP contribution in [0, 0.1) is 5.82 Å². The zero-order valence-corrected chi connectivity index (χ0v) is 15.3. The van der Waals surface area contributed by atoms with Gasteiger partial charge in [-0.2, -0.15) is 13.2 Å². The molecule has 10 heteroatoms. The monoisotopic (exact) mass is 403 g/mol. The predicted molar refractivity (Wildman–Crippen MR) is 92.3 cm³/mol. The molecule has 0 bridgehead atoms. The van der Waals surface area contributed by atoms with Crippen LogP contribution in [0.4, 0.5) is 32.8 Å². The van der Waals surface area contributed by atoms with Crippen molar-refractivity contribution in [2.45, 2.75) is 44.5 Å². The normalized spacial score (nSPS) is 21.0. The molecule has 154 valence electrons. The molecule has 2 saturated heterocycles. The number of para-hydroxylation sites is 1. The van der Waals surface area contributed by atoms with Crippen molar-refractivity contribution in [1.82, 2.24) is 9.80 Å². The fraction of sp³-hybridized carbons (Fsp3) is 0.556. The summed E-state index contributed by atoms with van der Waals surface area (Å²) in [5.41, 5.74) is -2.11. The highest BCUT2D eigenvalue weighted by Gasteiger charge is 2.38. The number of hydrogen-bond acceptors (Lipinski definition) is 3. The summed E-state index contributed by atoms with van der Waals surface area (Å²) in [6.07, 6.45) is -3.64. The van der Waals surface area contributed by atoms with E-state index in [0.29, 0.717) is 31.9 Å². The number of hydrogen-bond donors (Lipinski definition) is 1. The Morgan fingerprint density at radius 1 is 1.29 bits per heavy atom. The fourth-order valence-electron chi connectivity index (χ4n) is 3.51. The smallest absolute Gasteiger partial charge is 0.418 e. The van der Waals surface area contributed by atoms with Gasteiger partial charge in [-0.1, -0.05) is 13.0 Å². The number of cyclic esters (lactones) is 1. The first kappa shape index (κ1) is 20.2. The molecule has 28 heavy (non-hydrogen) atoms. The summed E-state index contributed by atoms with van der Waals surface area (Å²) in [5, 5.41) is 2.05. The van der Waals surface area contributed by atoms with Crippen LogP contribution >= 0.6 is 0 Å². The van der Waals surface area contributed by atoms with Crippen LogP contribution in [0.2, 0.25) is 0 Å². The molecule has 1 atom stereocenters. The van der Waals surface area contributed by atoms with Crippen molar-refractivity contribution in [3.8, 4) is 0 Å². The van der Waals surface area contributed by atoms with Gasteiger partial charge in [0.1, 0.15) is 11.9 Å². The zero-order valence-electron chi connectivity index (χ0n) is 15.3. The van der Waals surface area contributed by atoms with Gasteiger partial charge in [-0.15, -0.1) is 0 Å². The Morgan fingerprint density at radius 3 is 2.54 bits per heavy atom. The maximum atomic E-state index is 13.9. The highest BCUT2D eigenvalue weighted by molar-refractivity contribution is 5.90. The van der Waals surface area contributed by atoms with Crippen LogP contribution in [-0.4, -0.2) is 53.7 Å². The number of nitrogens with zero attached hydrogens (tertiary/aromatic N) is 2. The summed E-state index contributed by atoms with van der Waals surface area (Å²) in [6, 6.07) is 1.63. The van der Waals surface area contributed by atoms with Gasteiger partial charge in [-0.3, -0.25) is 0 Å². The Balaban J connectivity index is 1.62. The molecule has 1 unspecified atom stereocenters. The van der Waals surface area contributed by atoms with Crippen molar-refractivity contribution >= 4 is 17.8 Å². The summed E-state index contributed by atoms with van der Waals surface area (Å²) in [6.45, 7) is 2.91. The number of nitrogens with one attached hydrogen (secondary N) is 1. The van der Waals surface area contributed by atoms with E-state index in [4.69, 9.17) is 4.74 Å². The molecule has 3 rings (SSSR count). The van der Waals surface area contributed by atoms with Crippen molar-refractivity contribution in [2.24, 2.45) is 0 Å². The number of halogens is 4. The van der Waals surface area contributed by atoms with E-state index in [9.17, 15) is 27.2 Å². The summed E-state index contributed by atoms with van der Waals surface area (Å²) in [4.78, 5) is 27.3. The fourth-order valence-corrected chi connectivity index (χ4v) is 3.51. The molecule has 1 aromatic rings. The number of ether oxygens (including phenoxy) is 1. The van der Waals surface area contributed by atoms with Gasteiger partial charge in [0.05, 0.1) is 17.8 Å². The number of rotatable bonds is 3. The van der Waals surface area contributed by atoms with Crippen LogP contribution in [0.5, 0.6) is 0 Å². The lowest BCUT2D eigenvalue weighted by molar-refractivity contribution is -0.137. The molecule has 0 saturated carbocycles. The van der Waals surface area contributed by atoms with Gasteiger partial charge in [0.15, 0.2) is 0 Å². The number of alkyl halides is 3. The van der Waals surface area contributed by atoms with E-state index in [0.717, 1.165) is 12.1 Å². The molecule has 1 aromatic carbocycles. The SMILES string of the molecule is CCC1CN(C2CCN(C(=O)Nc3c(F)cccc3C(F)(F)F)CC2)C(=O)O1. The maximum Gasteiger partial charge on any atom is 0.418 e. The molecular formula is C18H21F4N3O3. The average Bonchev–Trinajstić information content (AvgIpc) is 3.03. The minimum atomic E-state index is -4.79. The molecular weight excluding hydrogens is 382 g/mol. The van der Waals surface area contributed by atoms with Gasteiger partial charge in [0.25, 0.3) is 0 Å². The Hall–Kier alpha value is -2.52. The first-order valence-electron chi connectivity index (χ1n) is 9.09. The lowest BCUT2D eigenvalue weighted by Gasteiger charge is -2.35. The van der Waals surface area contributed by atoms with Crippen molar-refractivity contribution in [3.05, 3.63) is 29.6 Å². The van der Waals surface area contributed by atoms with E-state index in [1.165, 1.54) is 4.90 Å². The summed E-state index contributed by atoms with van der Waals surface area (Å²) >= 11 is 0. The van der Waals surface area contributed by atoms with E-state index in [-0.39, 0.29) is 31.3 Å². The summed E-state index contributed by atoms with van der Waals surface area (Å²) in [7, 11) is 0. The van der Waals surface area contributed by atoms with Gasteiger partial charge >= 0.3 is 18.3 Å². The Kier molecular flexibility index (Phi) is 5.66. The molecule has 0 aromatic heterocycles. The predicted octanol–water partition coefficient (Wildman–Crippen LogP) is 4.07. The Morgan fingerprint density at radius 2 is 1.96 bits per heavy atom. The molecule has 6 nitrogen and oxygen atoms in total. The van der Waals surface area contributed by atoms with Crippen LogP contribution in [0.15, 0.2) is 18.2 Å². The quantitative estimate of drug-likeness (QED) is 0.774. The van der Waals surface area contributed by atoms with Gasteiger partial charge < -0.3 is 19.9 Å². The lowest BCUT2D eigenvalue weighted by Crippen LogP contribution is -2.48. The first-order valence-corrected chi connectivity index (χ1v) is 9.09. The van der Waals surface area contributed by atoms with Crippen molar-refractivity contribution in [3.63, 3.8) is 0 Å². The van der Waals surface area contributed by atoms with Gasteiger partial charge in [0.2, 0.25) is 0 Å². The standard InChI is InChI=1S/C18H21F4N3O3/c1-2-12-10-25(17(27)28-12)11-6-8-24(9-7-11)16(26)23-15-13(18(20,21)22)4-3-5-14(15)19/h3-5,11-12H,2,6-10H2,1H3,(H,23,26). The van der Waals surface area contributed by atoms with Crippen LogP contribution in [-0.2, 0) is 10.9 Å². The minimum Gasteiger partial charge on any atom is -0.444 e. The third-order valence-corrected chi connectivity index (χ3v) is 5.10. The second kappa shape index (κ2) is 7.84. The van der Waals surface area contributed by atoms with Gasteiger partial charge in [-0.05, 0) is 31.4 Å². The van der Waals surface area contributed by atoms with E-state index in [1.54, 1.807) is 4.90 Å². The number of likely N-dealkylation sites (tertiary alicyclic amines) is 1. The molecule has 1 N–H and O–H groups in total. The van der Waals surface area contributed by atoms with Gasteiger partial charge in [-0.25, -0.2) is 14.0 Å². The van der Waals surface area contributed by atoms with Crippen molar-refractivity contribution < 1.29 is 31.9 Å². The average molecular weight is 403 g/mol. The van der Waals surface area contributed by atoms with Gasteiger partial charge in [0, 0.05) is 19.1 Å². The van der Waals surface area contributed by atoms with E-state index >= 15 is 0 Å². The molecule has 2 heterocycles. The van der Waals surface area contributed by atoms with Crippen LogP contribution in [0.25, 0.3) is 0 Å². The highest BCUT2D eigenvalue weighted by atomic mass is 19.4. The Bertz CT molecular complexity index is 748. The van der Waals surface area contributed by atoms with Crippen molar-refractivity contribution in [1.29, 1.82) is 0 Å². The summed E-state index contributed by atoms with van der Waals surface area (Å²) < 4.78 is 58.3. The third-order valence-electron chi connectivity index (χ3n) is 5.10. The number of urea groups is 1. The third kappa shape index (κ3) is 4.15. The lowest BCUT2D eigenvalue weighted by atomic mass is 10.0. The number of piperidine rings is 1. The second-order valence-electron chi connectivity index (χ2n) is 6.87. The number of anilines is 1. The molecule has 2 fully saturated rings. The molecule has 0 radical (unpaired) electrons. The maximum absolute atomic E-state index is 13.9. The zero-order chi connectivity index (χ0) is 20.5. The van der Waals surface area contributed by atoms with Crippen LogP contribution in [0.3, 0.4) is 0 Å². The number of carbonyl (C=O) groups excluding carboxylic acids is 2. The van der Waals surface area contributed by atoms with E-state index in [2.05, 4.69) is 5.32 Å². The molecule has 0 aliphatic carbocycles. The second-order valence-corrected chi connectivity index (χ2v) is 6.87. The van der Waals surface area contributed by atoms with Crippen LogP contribution in [0.1, 0.15) is 31.7 Å². The number of amides is 3. The first-order chi connectivity index (χ1) is 13.2. The van der Waals surface area contributed by atoms with E-state index in [1.807, 2.05) is 6.92 Å². The molecule has 0 spiro atoms. The van der Waals surface area contributed by atoms with Crippen molar-refractivity contribution in [2.75, 3.05) is 25.0 Å². The molecule has 3 amide bonds. The summed E-state index contributed by atoms with van der Waals surface area (Å²) in [5.74, 6) is -1.15. The molecule has 2 aliphatic rings. The highest BCUT2D eigenvalue weighted by Crippen LogP contribution is 2.36. The topological polar surface area (TPSA) is 61.9 Å². The molecule has 2 aliphatic heterocycles. The van der Waals surface area contributed by atoms with E-state index < -0.39 is 29.3 Å². The largest absolute Gasteiger partial charge is 0.444 e. The Labute approximate surface area is 159 Å². The number of carbonyl (C=O) groups is 2.